The maximum atomic E-state index is 12.4. The second-order valence-electron chi connectivity index (χ2n) is 3.83. The molecule has 1 N–H and O–H groups in total. The van der Waals surface area contributed by atoms with Crippen LogP contribution in [0.1, 0.15) is 17.5 Å². The molecule has 0 aliphatic rings. The fourth-order valence-corrected chi connectivity index (χ4v) is 1.53. The van der Waals surface area contributed by atoms with Gasteiger partial charge in [-0.2, -0.15) is 13.2 Å². The van der Waals surface area contributed by atoms with Crippen LogP contribution in [0.5, 0.6) is 0 Å². The molecule has 0 fully saturated rings. The molecule has 0 aliphatic carbocycles. The average Bonchev–Trinajstić information content (AvgIpc) is 2.33. The summed E-state index contributed by atoms with van der Waals surface area (Å²) < 4.78 is 42.1. The number of aliphatic carboxylic acids is 1. The zero-order valence-electron chi connectivity index (χ0n) is 10.2. The number of carboxylic acids is 1. The number of carboxylic acid groups (broad SMARTS) is 1. The number of rotatable bonds is 5. The van der Waals surface area contributed by atoms with E-state index in [-0.39, 0.29) is 0 Å². The highest BCUT2D eigenvalue weighted by atomic mass is 19.4. The summed E-state index contributed by atoms with van der Waals surface area (Å²) in [6, 6.07) is 4.37. The lowest BCUT2D eigenvalue weighted by atomic mass is 10.0. The van der Waals surface area contributed by atoms with Crippen LogP contribution >= 0.6 is 0 Å². The molecule has 0 atom stereocenters. The number of hydrogen-bond donors (Lipinski definition) is 1. The van der Waals surface area contributed by atoms with Gasteiger partial charge in [-0.1, -0.05) is 12.1 Å². The van der Waals surface area contributed by atoms with Crippen molar-refractivity contribution in [3.05, 3.63) is 41.5 Å². The highest BCUT2D eigenvalue weighted by Gasteiger charge is 2.30. The van der Waals surface area contributed by atoms with Crippen molar-refractivity contribution in [1.29, 1.82) is 0 Å². The number of hydrogen-bond acceptors (Lipinski definition) is 2. The van der Waals surface area contributed by atoms with Gasteiger partial charge in [0.15, 0.2) is 0 Å². The van der Waals surface area contributed by atoms with Crippen molar-refractivity contribution in [2.24, 2.45) is 0 Å². The van der Waals surface area contributed by atoms with Gasteiger partial charge in [0.2, 0.25) is 0 Å². The molecule has 1 aromatic rings. The molecule has 6 heteroatoms. The van der Waals surface area contributed by atoms with E-state index in [2.05, 4.69) is 0 Å². The van der Waals surface area contributed by atoms with Gasteiger partial charge in [0.05, 0.1) is 12.2 Å². The third-order valence-electron chi connectivity index (χ3n) is 2.46. The van der Waals surface area contributed by atoms with Crippen molar-refractivity contribution in [2.75, 3.05) is 13.7 Å². The summed E-state index contributed by atoms with van der Waals surface area (Å²) in [6.07, 6.45) is -3.11. The number of carbonyl (C=O) groups is 1. The van der Waals surface area contributed by atoms with Gasteiger partial charge in [-0.05, 0) is 29.7 Å². The Balaban J connectivity index is 3.01. The van der Waals surface area contributed by atoms with E-state index in [0.717, 1.165) is 18.2 Å². The molecule has 19 heavy (non-hydrogen) atoms. The number of benzene rings is 1. The second-order valence-corrected chi connectivity index (χ2v) is 3.83. The van der Waals surface area contributed by atoms with E-state index in [0.29, 0.717) is 24.2 Å². The minimum absolute atomic E-state index is 0.292. The number of methoxy groups -OCH3 is 1. The van der Waals surface area contributed by atoms with Crippen molar-refractivity contribution in [3.63, 3.8) is 0 Å². The van der Waals surface area contributed by atoms with E-state index in [1.54, 1.807) is 0 Å². The third-order valence-corrected chi connectivity index (χ3v) is 2.46. The maximum absolute atomic E-state index is 12.4. The summed E-state index contributed by atoms with van der Waals surface area (Å²) >= 11 is 0. The van der Waals surface area contributed by atoms with E-state index >= 15 is 0 Å². The van der Waals surface area contributed by atoms with Crippen molar-refractivity contribution in [2.45, 2.75) is 12.6 Å². The molecule has 0 amide bonds. The molecule has 0 unspecified atom stereocenters. The lowest BCUT2D eigenvalue weighted by Gasteiger charge is -2.10. The first-order valence-corrected chi connectivity index (χ1v) is 5.44. The Morgan fingerprint density at radius 1 is 1.32 bits per heavy atom. The average molecular weight is 274 g/mol. The van der Waals surface area contributed by atoms with E-state index < -0.39 is 17.7 Å². The summed E-state index contributed by atoms with van der Waals surface area (Å²) in [5.41, 5.74) is 0.0909. The molecule has 0 heterocycles. The van der Waals surface area contributed by atoms with Crippen LogP contribution in [0.2, 0.25) is 0 Å². The van der Waals surface area contributed by atoms with Gasteiger partial charge >= 0.3 is 12.1 Å². The van der Waals surface area contributed by atoms with Crippen LogP contribution in [0.25, 0.3) is 5.57 Å². The molecule has 1 rings (SSSR count). The summed E-state index contributed by atoms with van der Waals surface area (Å²) in [7, 11) is 1.46. The first kappa shape index (κ1) is 15.2. The van der Waals surface area contributed by atoms with Gasteiger partial charge in [0.25, 0.3) is 0 Å². The van der Waals surface area contributed by atoms with Crippen LogP contribution in [-0.2, 0) is 15.7 Å². The molecule has 0 aromatic heterocycles. The Morgan fingerprint density at radius 2 is 1.89 bits per heavy atom. The van der Waals surface area contributed by atoms with E-state index in [4.69, 9.17) is 9.84 Å². The standard InChI is InChI=1S/C13H13F3O3/c1-19-7-6-10(8-12(17)18)9-2-4-11(5-3-9)13(14,15)16/h2-5,8H,6-7H2,1H3,(H,17,18)/b10-8+. The topological polar surface area (TPSA) is 46.5 Å². The molecular formula is C13H13F3O3. The van der Waals surface area contributed by atoms with Crippen molar-refractivity contribution in [1.82, 2.24) is 0 Å². The third kappa shape index (κ3) is 4.75. The van der Waals surface area contributed by atoms with Crippen LogP contribution < -0.4 is 0 Å². The highest BCUT2D eigenvalue weighted by molar-refractivity contribution is 5.90. The van der Waals surface area contributed by atoms with Crippen molar-refractivity contribution < 1.29 is 27.8 Å². The summed E-state index contributed by atoms with van der Waals surface area (Å²) in [5.74, 6) is -1.15. The van der Waals surface area contributed by atoms with E-state index in [1.807, 2.05) is 0 Å². The zero-order chi connectivity index (χ0) is 14.5. The lowest BCUT2D eigenvalue weighted by molar-refractivity contribution is -0.137. The fraction of sp³-hybridized carbons (Fsp3) is 0.308. The van der Waals surface area contributed by atoms with Gasteiger partial charge in [0, 0.05) is 13.2 Å². The smallest absolute Gasteiger partial charge is 0.416 e. The SMILES string of the molecule is COCC/C(=C\C(=O)O)c1ccc(C(F)(F)F)cc1. The van der Waals surface area contributed by atoms with Crippen LogP contribution in [-0.4, -0.2) is 24.8 Å². The van der Waals surface area contributed by atoms with Crippen molar-refractivity contribution in [3.8, 4) is 0 Å². The van der Waals surface area contributed by atoms with Gasteiger partial charge in [-0.3, -0.25) is 0 Å². The number of alkyl halides is 3. The quantitative estimate of drug-likeness (QED) is 0.839. The van der Waals surface area contributed by atoms with Crippen LogP contribution in [0.3, 0.4) is 0 Å². The van der Waals surface area contributed by atoms with Crippen LogP contribution in [0.15, 0.2) is 30.3 Å². The Labute approximate surface area is 108 Å². The minimum atomic E-state index is -4.40. The Morgan fingerprint density at radius 3 is 2.32 bits per heavy atom. The number of ether oxygens (including phenoxy) is 1. The maximum Gasteiger partial charge on any atom is 0.416 e. The predicted molar refractivity (Wildman–Crippen MR) is 63.5 cm³/mol. The zero-order valence-corrected chi connectivity index (χ0v) is 10.2. The monoisotopic (exact) mass is 274 g/mol. The molecule has 104 valence electrons. The van der Waals surface area contributed by atoms with E-state index in [1.165, 1.54) is 19.2 Å². The Bertz CT molecular complexity index is 461. The van der Waals surface area contributed by atoms with Gasteiger partial charge < -0.3 is 9.84 Å². The molecule has 0 spiro atoms. The first-order valence-electron chi connectivity index (χ1n) is 5.44. The number of halogens is 3. The molecular weight excluding hydrogens is 261 g/mol. The summed E-state index contributed by atoms with van der Waals surface area (Å²) in [5, 5.41) is 8.73. The predicted octanol–water partition coefficient (Wildman–Crippen LogP) is 3.21. The van der Waals surface area contributed by atoms with Crippen LogP contribution in [0.4, 0.5) is 13.2 Å². The van der Waals surface area contributed by atoms with Gasteiger partial charge in [0.1, 0.15) is 0 Å². The molecule has 0 saturated heterocycles. The van der Waals surface area contributed by atoms with Crippen LogP contribution in [0, 0.1) is 0 Å². The van der Waals surface area contributed by atoms with E-state index in [9.17, 15) is 18.0 Å². The molecule has 0 aliphatic heterocycles. The fourth-order valence-electron chi connectivity index (χ4n) is 1.53. The minimum Gasteiger partial charge on any atom is -0.478 e. The summed E-state index contributed by atoms with van der Waals surface area (Å²) in [4.78, 5) is 10.7. The lowest BCUT2D eigenvalue weighted by Crippen LogP contribution is -2.04. The Kier molecular flexibility index (Phi) is 5.11. The first-order chi connectivity index (χ1) is 8.84. The Hall–Kier alpha value is -1.82. The second kappa shape index (κ2) is 6.38. The molecule has 0 saturated carbocycles. The molecule has 3 nitrogen and oxygen atoms in total. The molecule has 0 radical (unpaired) electrons. The summed E-state index contributed by atoms with van der Waals surface area (Å²) in [6.45, 7) is 0.292. The van der Waals surface area contributed by atoms with Crippen molar-refractivity contribution >= 4 is 11.5 Å². The van der Waals surface area contributed by atoms with Gasteiger partial charge in [-0.25, -0.2) is 4.79 Å². The molecule has 0 bridgehead atoms. The van der Waals surface area contributed by atoms with Gasteiger partial charge in [-0.15, -0.1) is 0 Å². The largest absolute Gasteiger partial charge is 0.478 e. The molecule has 1 aromatic carbocycles. The normalized spacial score (nSPS) is 12.5. The highest BCUT2D eigenvalue weighted by Crippen LogP contribution is 2.30.